The molecule has 0 saturated heterocycles. The van der Waals surface area contributed by atoms with Crippen LogP contribution in [0.25, 0.3) is 0 Å². The van der Waals surface area contributed by atoms with Crippen LogP contribution in [0.3, 0.4) is 0 Å². The molecule has 0 bridgehead atoms. The van der Waals surface area contributed by atoms with Gasteiger partial charge in [-0.25, -0.2) is 5.43 Å². The van der Waals surface area contributed by atoms with Gasteiger partial charge < -0.3 is 9.47 Å². The SMILES string of the molecule is CCn1ncc(N=Cc2ccc(OC)cc2)c1C(=O)N/N=C/c1ccc(OC)cc1. The van der Waals surface area contributed by atoms with Gasteiger partial charge in [-0.3, -0.25) is 14.5 Å². The average molecular weight is 405 g/mol. The first-order valence-electron chi connectivity index (χ1n) is 9.36. The molecule has 0 radical (unpaired) electrons. The molecule has 1 amide bonds. The van der Waals surface area contributed by atoms with E-state index in [9.17, 15) is 4.79 Å². The van der Waals surface area contributed by atoms with Gasteiger partial charge in [0, 0.05) is 12.8 Å². The summed E-state index contributed by atoms with van der Waals surface area (Å²) in [6, 6.07) is 14.8. The molecule has 0 spiro atoms. The highest BCUT2D eigenvalue weighted by Crippen LogP contribution is 2.19. The van der Waals surface area contributed by atoms with E-state index in [-0.39, 0.29) is 5.91 Å². The van der Waals surface area contributed by atoms with Gasteiger partial charge in [-0.1, -0.05) is 0 Å². The van der Waals surface area contributed by atoms with Crippen molar-refractivity contribution in [3.8, 4) is 11.5 Å². The van der Waals surface area contributed by atoms with Crippen molar-refractivity contribution in [3.63, 3.8) is 0 Å². The van der Waals surface area contributed by atoms with Crippen LogP contribution in [-0.2, 0) is 6.54 Å². The molecule has 0 atom stereocenters. The normalized spacial score (nSPS) is 11.2. The molecule has 3 rings (SSSR count). The Hall–Kier alpha value is -3.94. The van der Waals surface area contributed by atoms with Crippen LogP contribution in [0, 0.1) is 0 Å². The zero-order valence-electron chi connectivity index (χ0n) is 17.1. The third-order valence-electron chi connectivity index (χ3n) is 4.30. The molecule has 3 aromatic rings. The summed E-state index contributed by atoms with van der Waals surface area (Å²) >= 11 is 0. The Morgan fingerprint density at radius 1 is 1.00 bits per heavy atom. The van der Waals surface area contributed by atoms with Crippen LogP contribution in [0.15, 0.2) is 64.8 Å². The fourth-order valence-corrected chi connectivity index (χ4v) is 2.69. The van der Waals surface area contributed by atoms with Crippen LogP contribution in [0.1, 0.15) is 28.5 Å². The highest BCUT2D eigenvalue weighted by atomic mass is 16.5. The monoisotopic (exact) mass is 405 g/mol. The Kier molecular flexibility index (Phi) is 6.94. The second-order valence-corrected chi connectivity index (χ2v) is 6.20. The van der Waals surface area contributed by atoms with Gasteiger partial charge in [0.05, 0.1) is 26.6 Å². The molecule has 8 heteroatoms. The number of aryl methyl sites for hydroxylation is 1. The van der Waals surface area contributed by atoms with Gasteiger partial charge in [-0.2, -0.15) is 10.2 Å². The molecule has 0 fully saturated rings. The standard InChI is InChI=1S/C22H23N5O3/c1-4-27-21(22(28)26-24-14-17-7-11-19(30-3)12-8-17)20(15-25-27)23-13-16-5-9-18(29-2)10-6-16/h5-15H,4H2,1-3H3,(H,26,28)/b23-13?,24-14+. The summed E-state index contributed by atoms with van der Waals surface area (Å²) in [6.45, 7) is 2.43. The Morgan fingerprint density at radius 3 is 2.10 bits per heavy atom. The summed E-state index contributed by atoms with van der Waals surface area (Å²) in [6.07, 6.45) is 4.80. The van der Waals surface area contributed by atoms with Crippen molar-refractivity contribution in [3.05, 3.63) is 71.5 Å². The summed E-state index contributed by atoms with van der Waals surface area (Å²) in [7, 11) is 3.22. The number of methoxy groups -OCH3 is 2. The van der Waals surface area contributed by atoms with Gasteiger partial charge in [-0.15, -0.1) is 0 Å². The topological polar surface area (TPSA) is 90.1 Å². The van der Waals surface area contributed by atoms with Crippen LogP contribution in [0.2, 0.25) is 0 Å². The lowest BCUT2D eigenvalue weighted by Crippen LogP contribution is -2.22. The molecule has 1 N–H and O–H groups in total. The lowest BCUT2D eigenvalue weighted by Gasteiger charge is -2.04. The van der Waals surface area contributed by atoms with E-state index >= 15 is 0 Å². The maximum Gasteiger partial charge on any atom is 0.291 e. The minimum absolute atomic E-state index is 0.342. The number of benzene rings is 2. The van der Waals surface area contributed by atoms with Crippen molar-refractivity contribution < 1.29 is 14.3 Å². The number of carbonyl (C=O) groups excluding carboxylic acids is 1. The molecule has 2 aromatic carbocycles. The van der Waals surface area contributed by atoms with E-state index < -0.39 is 0 Å². The summed E-state index contributed by atoms with van der Waals surface area (Å²) in [5, 5.41) is 8.27. The number of hydrogen-bond acceptors (Lipinski definition) is 6. The minimum atomic E-state index is -0.388. The fraction of sp³-hybridized carbons (Fsp3) is 0.182. The number of hydrazone groups is 1. The number of ether oxygens (including phenoxy) is 2. The molecule has 0 aliphatic heterocycles. The largest absolute Gasteiger partial charge is 0.497 e. The van der Waals surface area contributed by atoms with Crippen molar-refractivity contribution in [1.29, 1.82) is 0 Å². The van der Waals surface area contributed by atoms with E-state index in [2.05, 4.69) is 20.6 Å². The third-order valence-corrected chi connectivity index (χ3v) is 4.30. The Balaban J connectivity index is 1.73. The lowest BCUT2D eigenvalue weighted by atomic mass is 10.2. The van der Waals surface area contributed by atoms with Crippen molar-refractivity contribution in [2.24, 2.45) is 10.1 Å². The van der Waals surface area contributed by atoms with Gasteiger partial charge in [0.25, 0.3) is 5.91 Å². The van der Waals surface area contributed by atoms with E-state index in [4.69, 9.17) is 9.47 Å². The molecule has 154 valence electrons. The molecule has 0 aliphatic carbocycles. The number of amides is 1. The molecule has 1 heterocycles. The van der Waals surface area contributed by atoms with E-state index in [0.29, 0.717) is 17.9 Å². The second-order valence-electron chi connectivity index (χ2n) is 6.20. The smallest absolute Gasteiger partial charge is 0.291 e. The maximum absolute atomic E-state index is 12.7. The lowest BCUT2D eigenvalue weighted by molar-refractivity contribution is 0.0945. The van der Waals surface area contributed by atoms with Gasteiger partial charge in [0.15, 0.2) is 5.69 Å². The molecule has 0 unspecified atom stereocenters. The predicted molar refractivity (Wildman–Crippen MR) is 116 cm³/mol. The number of nitrogens with one attached hydrogen (secondary N) is 1. The Bertz CT molecular complexity index is 1040. The molecular formula is C22H23N5O3. The third kappa shape index (κ3) is 5.11. The van der Waals surface area contributed by atoms with Gasteiger partial charge in [0.2, 0.25) is 0 Å². The number of aromatic nitrogens is 2. The summed E-state index contributed by atoms with van der Waals surface area (Å²) in [4.78, 5) is 17.1. The summed E-state index contributed by atoms with van der Waals surface area (Å²) in [5.74, 6) is 1.13. The van der Waals surface area contributed by atoms with Gasteiger partial charge >= 0.3 is 0 Å². The quantitative estimate of drug-likeness (QED) is 0.459. The number of hydrogen-bond donors (Lipinski definition) is 1. The van der Waals surface area contributed by atoms with Crippen molar-refractivity contribution in [2.75, 3.05) is 14.2 Å². The molecule has 0 saturated carbocycles. The van der Waals surface area contributed by atoms with Crippen molar-refractivity contribution in [2.45, 2.75) is 13.5 Å². The molecule has 8 nitrogen and oxygen atoms in total. The molecule has 30 heavy (non-hydrogen) atoms. The van der Waals surface area contributed by atoms with Crippen LogP contribution in [0.4, 0.5) is 5.69 Å². The van der Waals surface area contributed by atoms with Crippen LogP contribution >= 0.6 is 0 Å². The van der Waals surface area contributed by atoms with E-state index in [1.807, 2.05) is 55.5 Å². The zero-order valence-corrected chi connectivity index (χ0v) is 17.1. The van der Waals surface area contributed by atoms with E-state index in [0.717, 1.165) is 22.6 Å². The van der Waals surface area contributed by atoms with Gasteiger partial charge in [-0.05, 0) is 66.6 Å². The Morgan fingerprint density at radius 2 is 1.57 bits per heavy atom. The first-order chi connectivity index (χ1) is 14.6. The van der Waals surface area contributed by atoms with Crippen molar-refractivity contribution >= 4 is 24.0 Å². The van der Waals surface area contributed by atoms with E-state index in [1.165, 1.54) is 0 Å². The predicted octanol–water partition coefficient (Wildman–Crippen LogP) is 3.43. The highest BCUT2D eigenvalue weighted by Gasteiger charge is 2.17. The van der Waals surface area contributed by atoms with Crippen LogP contribution < -0.4 is 14.9 Å². The number of aliphatic imine (C=N–C) groups is 1. The highest BCUT2D eigenvalue weighted by molar-refractivity contribution is 5.98. The first-order valence-corrected chi connectivity index (χ1v) is 9.36. The number of rotatable bonds is 8. The van der Waals surface area contributed by atoms with E-state index in [1.54, 1.807) is 37.5 Å². The number of carbonyl (C=O) groups is 1. The number of nitrogens with zero attached hydrogens (tertiary/aromatic N) is 4. The molecule has 1 aromatic heterocycles. The van der Waals surface area contributed by atoms with Crippen molar-refractivity contribution in [1.82, 2.24) is 15.2 Å². The summed E-state index contributed by atoms with van der Waals surface area (Å²) in [5.41, 5.74) is 5.05. The Labute approximate surface area is 174 Å². The minimum Gasteiger partial charge on any atom is -0.497 e. The van der Waals surface area contributed by atoms with Gasteiger partial charge in [0.1, 0.15) is 17.2 Å². The first kappa shape index (κ1) is 20.8. The van der Waals surface area contributed by atoms with Crippen LogP contribution in [0.5, 0.6) is 11.5 Å². The molecule has 0 aliphatic rings. The maximum atomic E-state index is 12.7. The fourth-order valence-electron chi connectivity index (χ4n) is 2.69. The van der Waals surface area contributed by atoms with Crippen LogP contribution in [-0.4, -0.2) is 42.3 Å². The average Bonchev–Trinajstić information content (AvgIpc) is 3.21. The zero-order chi connectivity index (χ0) is 21.3. The second kappa shape index (κ2) is 10.0. The molecular weight excluding hydrogens is 382 g/mol. The summed E-state index contributed by atoms with van der Waals surface area (Å²) < 4.78 is 11.9.